The third-order valence-electron chi connectivity index (χ3n) is 5.32. The van der Waals surface area contributed by atoms with Crippen molar-refractivity contribution in [3.05, 3.63) is 73.1 Å². The average molecular weight is 449 g/mol. The number of para-hydroxylation sites is 1. The fraction of sp³-hybridized carbons (Fsp3) is 0.292. The van der Waals surface area contributed by atoms with Crippen LogP contribution in [0.25, 0.3) is 0 Å². The van der Waals surface area contributed by atoms with Gasteiger partial charge in [-0.05, 0) is 30.3 Å². The van der Waals surface area contributed by atoms with Crippen molar-refractivity contribution in [3.63, 3.8) is 0 Å². The highest BCUT2D eigenvalue weighted by atomic mass is 16.5. The van der Waals surface area contributed by atoms with Crippen molar-refractivity contribution in [2.45, 2.75) is 6.54 Å². The average Bonchev–Trinajstić information content (AvgIpc) is 3.34. The Morgan fingerprint density at radius 2 is 1.70 bits per heavy atom. The summed E-state index contributed by atoms with van der Waals surface area (Å²) in [6.45, 7) is 3.85. The quantitative estimate of drug-likeness (QED) is 0.553. The summed E-state index contributed by atoms with van der Waals surface area (Å²) < 4.78 is 7.57. The number of rotatable bonds is 8. The van der Waals surface area contributed by atoms with Gasteiger partial charge in [0.2, 0.25) is 5.91 Å². The van der Waals surface area contributed by atoms with Crippen LogP contribution in [-0.4, -0.2) is 70.8 Å². The maximum Gasteiger partial charge on any atom is 0.321 e. The lowest BCUT2D eigenvalue weighted by Crippen LogP contribution is -2.51. The second-order valence-corrected chi connectivity index (χ2v) is 7.75. The Morgan fingerprint density at radius 1 is 0.909 bits per heavy atom. The number of nitrogens with zero attached hydrogens (tertiary/aromatic N) is 4. The van der Waals surface area contributed by atoms with Crippen molar-refractivity contribution >= 4 is 23.3 Å². The van der Waals surface area contributed by atoms with Gasteiger partial charge in [-0.25, -0.2) is 4.79 Å². The van der Waals surface area contributed by atoms with Gasteiger partial charge in [-0.1, -0.05) is 24.3 Å². The number of amides is 3. The summed E-state index contributed by atoms with van der Waals surface area (Å²) in [6.07, 6.45) is 3.62. The fourth-order valence-corrected chi connectivity index (χ4v) is 3.59. The highest BCUT2D eigenvalue weighted by Crippen LogP contribution is 2.18. The molecule has 4 rings (SSSR count). The molecule has 0 radical (unpaired) electrons. The smallest absolute Gasteiger partial charge is 0.321 e. The maximum absolute atomic E-state index is 12.7. The molecule has 33 heavy (non-hydrogen) atoms. The minimum Gasteiger partial charge on any atom is -0.492 e. The second-order valence-electron chi connectivity index (χ2n) is 7.75. The molecule has 0 aliphatic carbocycles. The number of urea groups is 1. The Bertz CT molecular complexity index is 1030. The first-order valence-corrected chi connectivity index (χ1v) is 11.0. The molecule has 1 saturated heterocycles. The Labute approximate surface area is 192 Å². The number of hydrogen-bond donors (Lipinski definition) is 2. The van der Waals surface area contributed by atoms with Crippen molar-refractivity contribution in [2.75, 3.05) is 50.0 Å². The van der Waals surface area contributed by atoms with Crippen molar-refractivity contribution < 1.29 is 14.3 Å². The van der Waals surface area contributed by atoms with Crippen LogP contribution < -0.4 is 15.4 Å². The lowest BCUT2D eigenvalue weighted by Gasteiger charge is -2.34. The van der Waals surface area contributed by atoms with Gasteiger partial charge in [-0.15, -0.1) is 0 Å². The molecule has 2 aromatic carbocycles. The highest BCUT2D eigenvalue weighted by molar-refractivity contribution is 5.92. The van der Waals surface area contributed by atoms with Crippen LogP contribution in [0.4, 0.5) is 16.2 Å². The van der Waals surface area contributed by atoms with Crippen LogP contribution in [0.5, 0.6) is 5.75 Å². The first kappa shape index (κ1) is 22.3. The van der Waals surface area contributed by atoms with E-state index in [0.717, 1.165) is 5.69 Å². The van der Waals surface area contributed by atoms with Crippen molar-refractivity contribution in [3.8, 4) is 5.75 Å². The number of carbonyl (C=O) groups is 2. The van der Waals surface area contributed by atoms with E-state index >= 15 is 0 Å². The molecule has 0 unspecified atom stereocenters. The number of benzene rings is 2. The van der Waals surface area contributed by atoms with Gasteiger partial charge in [0, 0.05) is 56.0 Å². The normalized spacial score (nSPS) is 14.0. The van der Waals surface area contributed by atoms with Crippen molar-refractivity contribution in [1.29, 1.82) is 0 Å². The fourth-order valence-electron chi connectivity index (χ4n) is 3.59. The molecule has 0 bridgehead atoms. The third-order valence-corrected chi connectivity index (χ3v) is 5.32. The number of carbonyl (C=O) groups excluding carboxylic acids is 2. The van der Waals surface area contributed by atoms with E-state index in [1.54, 1.807) is 15.8 Å². The van der Waals surface area contributed by atoms with Gasteiger partial charge >= 0.3 is 6.03 Å². The van der Waals surface area contributed by atoms with Gasteiger partial charge in [0.25, 0.3) is 0 Å². The van der Waals surface area contributed by atoms with Crippen molar-refractivity contribution in [2.24, 2.45) is 0 Å². The summed E-state index contributed by atoms with van der Waals surface area (Å²) in [4.78, 5) is 28.7. The van der Waals surface area contributed by atoms with Crippen LogP contribution in [-0.2, 0) is 11.3 Å². The molecule has 0 atom stereocenters. The number of anilines is 2. The molecule has 9 heteroatoms. The minimum absolute atomic E-state index is 0.0523. The van der Waals surface area contributed by atoms with Crippen LogP contribution in [0.3, 0.4) is 0 Å². The molecular formula is C24H28N6O3. The number of aromatic nitrogens is 2. The van der Waals surface area contributed by atoms with Gasteiger partial charge in [0.05, 0.1) is 13.1 Å². The zero-order valence-corrected chi connectivity index (χ0v) is 18.4. The van der Waals surface area contributed by atoms with E-state index in [1.807, 2.05) is 66.9 Å². The number of nitrogens with one attached hydrogen (secondary N) is 2. The summed E-state index contributed by atoms with van der Waals surface area (Å²) >= 11 is 0. The Morgan fingerprint density at radius 3 is 2.45 bits per heavy atom. The van der Waals surface area contributed by atoms with Gasteiger partial charge in [-0.2, -0.15) is 5.10 Å². The van der Waals surface area contributed by atoms with Crippen LogP contribution >= 0.6 is 0 Å². The first-order chi connectivity index (χ1) is 16.2. The SMILES string of the molecule is O=C(CN1CCN(C(=O)Nc2cccc(OCCn3cccn3)c2)CC1)Nc1ccccc1. The van der Waals surface area contributed by atoms with Gasteiger partial charge < -0.3 is 20.3 Å². The molecule has 3 aromatic rings. The summed E-state index contributed by atoms with van der Waals surface area (Å²) in [5.41, 5.74) is 1.47. The molecule has 0 saturated carbocycles. The Balaban J connectivity index is 1.19. The second kappa shape index (κ2) is 11.1. The van der Waals surface area contributed by atoms with E-state index in [4.69, 9.17) is 4.74 Å². The van der Waals surface area contributed by atoms with Crippen LogP contribution in [0.1, 0.15) is 0 Å². The monoisotopic (exact) mass is 448 g/mol. The lowest BCUT2D eigenvalue weighted by atomic mass is 10.3. The van der Waals surface area contributed by atoms with Gasteiger partial charge in [-0.3, -0.25) is 14.4 Å². The molecule has 2 heterocycles. The summed E-state index contributed by atoms with van der Waals surface area (Å²) in [5, 5.41) is 9.97. The number of hydrogen-bond acceptors (Lipinski definition) is 5. The molecule has 0 spiro atoms. The van der Waals surface area contributed by atoms with Crippen LogP contribution in [0.2, 0.25) is 0 Å². The van der Waals surface area contributed by atoms with Crippen LogP contribution in [0, 0.1) is 0 Å². The molecular weight excluding hydrogens is 420 g/mol. The highest BCUT2D eigenvalue weighted by Gasteiger charge is 2.22. The summed E-state index contributed by atoms with van der Waals surface area (Å²) in [6, 6.07) is 18.5. The maximum atomic E-state index is 12.7. The largest absolute Gasteiger partial charge is 0.492 e. The molecule has 3 amide bonds. The van der Waals surface area contributed by atoms with Gasteiger partial charge in [0.15, 0.2) is 0 Å². The topological polar surface area (TPSA) is 91.7 Å². The molecule has 2 N–H and O–H groups in total. The zero-order chi connectivity index (χ0) is 22.9. The van der Waals surface area contributed by atoms with E-state index in [0.29, 0.717) is 57.3 Å². The molecule has 1 aliphatic rings. The van der Waals surface area contributed by atoms with E-state index in [9.17, 15) is 9.59 Å². The van der Waals surface area contributed by atoms with Crippen LogP contribution in [0.15, 0.2) is 73.1 Å². The molecule has 9 nitrogen and oxygen atoms in total. The van der Waals surface area contributed by atoms with E-state index in [2.05, 4.69) is 20.6 Å². The molecule has 1 aromatic heterocycles. The molecule has 172 valence electrons. The molecule has 1 fully saturated rings. The Kier molecular flexibility index (Phi) is 7.55. The summed E-state index contributed by atoms with van der Waals surface area (Å²) in [7, 11) is 0. The standard InChI is InChI=1S/C24H28N6O3/c31-23(26-20-6-2-1-3-7-20)19-28-12-14-29(15-13-28)24(32)27-21-8-4-9-22(18-21)33-17-16-30-11-5-10-25-30/h1-11,18H,12-17,19H2,(H,26,31)(H,27,32). The lowest BCUT2D eigenvalue weighted by molar-refractivity contribution is -0.117. The zero-order valence-electron chi connectivity index (χ0n) is 18.4. The Hall–Kier alpha value is -3.85. The van der Waals surface area contributed by atoms with E-state index in [1.165, 1.54) is 0 Å². The molecule has 1 aliphatic heterocycles. The van der Waals surface area contributed by atoms with E-state index < -0.39 is 0 Å². The predicted octanol–water partition coefficient (Wildman–Crippen LogP) is 2.75. The van der Waals surface area contributed by atoms with Gasteiger partial charge in [0.1, 0.15) is 12.4 Å². The van der Waals surface area contributed by atoms with Crippen molar-refractivity contribution in [1.82, 2.24) is 19.6 Å². The minimum atomic E-state index is -0.155. The van der Waals surface area contributed by atoms with E-state index in [-0.39, 0.29) is 11.9 Å². The third kappa shape index (κ3) is 6.81. The number of ether oxygens (including phenoxy) is 1. The summed E-state index contributed by atoms with van der Waals surface area (Å²) in [5.74, 6) is 0.637. The predicted molar refractivity (Wildman–Crippen MR) is 126 cm³/mol. The first-order valence-electron chi connectivity index (χ1n) is 11.0. The number of piperazine rings is 1.